The van der Waals surface area contributed by atoms with Gasteiger partial charge in [-0.15, -0.1) is 12.4 Å². The predicted molar refractivity (Wildman–Crippen MR) is 160 cm³/mol. The molecule has 1 saturated heterocycles. The number of pyridine rings is 1. The van der Waals surface area contributed by atoms with Gasteiger partial charge in [0.2, 0.25) is 0 Å². The maximum Gasteiger partial charge on any atom is 0.165 e. The molecule has 3 aliphatic rings. The number of fused-ring (bicyclic) bond motifs is 1. The molecule has 4 aromatic rings. The third-order valence-electron chi connectivity index (χ3n) is 8.97. The molecule has 1 aliphatic heterocycles. The van der Waals surface area contributed by atoms with Gasteiger partial charge in [-0.2, -0.15) is 0 Å². The molecular weight excluding hydrogens is 506 g/mol. The van der Waals surface area contributed by atoms with Crippen molar-refractivity contribution < 1.29 is 4.74 Å². The Morgan fingerprint density at radius 1 is 0.821 bits per heavy atom. The molecule has 39 heavy (non-hydrogen) atoms. The van der Waals surface area contributed by atoms with Crippen molar-refractivity contribution in [2.75, 3.05) is 31.2 Å². The number of nitrogens with zero attached hydrogens (tertiary/aromatic N) is 4. The van der Waals surface area contributed by atoms with E-state index in [1.54, 1.807) is 0 Å². The average molecular weight is 544 g/mol. The molecule has 204 valence electrons. The topological polar surface area (TPSA) is 69.2 Å². The molecule has 3 heterocycles. The number of hydrogen-bond acceptors (Lipinski definition) is 5. The van der Waals surface area contributed by atoms with Gasteiger partial charge in [0.15, 0.2) is 5.65 Å². The fraction of sp³-hybridized carbons (Fsp3) is 0.438. The van der Waals surface area contributed by atoms with Crippen LogP contribution < -0.4 is 10.6 Å². The van der Waals surface area contributed by atoms with Crippen molar-refractivity contribution in [3.8, 4) is 16.9 Å². The van der Waals surface area contributed by atoms with Crippen LogP contribution in [0, 0.1) is 0 Å². The smallest absolute Gasteiger partial charge is 0.165 e. The first-order valence-corrected chi connectivity index (χ1v) is 14.4. The lowest BCUT2D eigenvalue weighted by atomic mass is 9.73. The second-order valence-electron chi connectivity index (χ2n) is 11.4. The maximum absolute atomic E-state index is 6.64. The molecule has 2 aliphatic carbocycles. The lowest BCUT2D eigenvalue weighted by Gasteiger charge is -2.38. The van der Waals surface area contributed by atoms with E-state index in [0.29, 0.717) is 5.92 Å². The third-order valence-corrected chi connectivity index (χ3v) is 8.97. The van der Waals surface area contributed by atoms with Crippen LogP contribution in [0.5, 0.6) is 0 Å². The van der Waals surface area contributed by atoms with Crippen molar-refractivity contribution >= 4 is 29.3 Å². The van der Waals surface area contributed by atoms with E-state index in [-0.39, 0.29) is 17.9 Å². The SMILES string of the molecule is Cl.NC1(c2ccc(-n3c(C4CCCCC4)nc4ccc(-c5cccc(N6CCOCC6)c5)nc43)cc2)CCC1. The molecule has 2 saturated carbocycles. The molecule has 0 unspecified atom stereocenters. The van der Waals surface area contributed by atoms with E-state index < -0.39 is 0 Å². The summed E-state index contributed by atoms with van der Waals surface area (Å²) in [5, 5.41) is 0. The third kappa shape index (κ3) is 4.94. The predicted octanol–water partition coefficient (Wildman–Crippen LogP) is 6.73. The molecule has 0 spiro atoms. The lowest BCUT2D eigenvalue weighted by Crippen LogP contribution is -2.43. The second-order valence-corrected chi connectivity index (χ2v) is 11.4. The van der Waals surface area contributed by atoms with Crippen molar-refractivity contribution in [3.63, 3.8) is 0 Å². The van der Waals surface area contributed by atoms with Gasteiger partial charge in [0.1, 0.15) is 11.3 Å². The van der Waals surface area contributed by atoms with E-state index in [4.69, 9.17) is 20.4 Å². The zero-order valence-corrected chi connectivity index (χ0v) is 23.3. The summed E-state index contributed by atoms with van der Waals surface area (Å²) in [5.74, 6) is 1.63. The zero-order valence-electron chi connectivity index (χ0n) is 22.5. The van der Waals surface area contributed by atoms with Gasteiger partial charge < -0.3 is 15.4 Å². The minimum atomic E-state index is -0.154. The van der Waals surface area contributed by atoms with Gasteiger partial charge in [0.05, 0.1) is 18.9 Å². The fourth-order valence-electron chi connectivity index (χ4n) is 6.50. The van der Waals surface area contributed by atoms with Gasteiger partial charge in [-0.05, 0) is 74.1 Å². The monoisotopic (exact) mass is 543 g/mol. The van der Waals surface area contributed by atoms with Crippen molar-refractivity contribution in [2.45, 2.75) is 62.8 Å². The number of aromatic nitrogens is 3. The Morgan fingerprint density at radius 2 is 1.59 bits per heavy atom. The van der Waals surface area contributed by atoms with Crippen LogP contribution in [0.1, 0.15) is 68.7 Å². The van der Waals surface area contributed by atoms with E-state index in [1.807, 2.05) is 0 Å². The standard InChI is InChI=1S/C32H37N5O.ClH/c33-32(16-5-17-32)25-10-12-26(13-11-25)37-30(23-6-2-1-3-7-23)35-29-15-14-28(34-31(29)37)24-8-4-9-27(22-24)36-18-20-38-21-19-36;/h4,8-15,22-23H,1-3,5-7,16-21,33H2;1H. The Bertz CT molecular complexity index is 1430. The summed E-state index contributed by atoms with van der Waals surface area (Å²) in [6, 6.07) is 21.9. The summed E-state index contributed by atoms with van der Waals surface area (Å²) in [6.45, 7) is 3.41. The van der Waals surface area contributed by atoms with Crippen LogP contribution in [0.3, 0.4) is 0 Å². The highest BCUT2D eigenvalue weighted by Gasteiger charge is 2.34. The molecule has 6 nitrogen and oxygen atoms in total. The van der Waals surface area contributed by atoms with E-state index in [1.165, 1.54) is 49.8 Å². The summed E-state index contributed by atoms with van der Waals surface area (Å²) in [4.78, 5) is 12.8. The molecule has 7 heteroatoms. The molecule has 2 aromatic heterocycles. The van der Waals surface area contributed by atoms with Crippen LogP contribution in [-0.4, -0.2) is 40.8 Å². The second kappa shape index (κ2) is 10.9. The normalized spacial score (nSPS) is 19.5. The largest absolute Gasteiger partial charge is 0.378 e. The van der Waals surface area contributed by atoms with Crippen LogP contribution in [0.2, 0.25) is 0 Å². The van der Waals surface area contributed by atoms with E-state index in [9.17, 15) is 0 Å². The maximum atomic E-state index is 6.64. The molecule has 2 N–H and O–H groups in total. The molecule has 2 aromatic carbocycles. The Labute approximate surface area is 237 Å². The first kappa shape index (κ1) is 26.3. The number of anilines is 1. The number of rotatable bonds is 5. The van der Waals surface area contributed by atoms with Gasteiger partial charge in [-0.3, -0.25) is 4.57 Å². The van der Waals surface area contributed by atoms with Crippen LogP contribution in [-0.2, 0) is 10.3 Å². The highest BCUT2D eigenvalue weighted by Crippen LogP contribution is 2.40. The molecule has 7 rings (SSSR count). The number of benzene rings is 2. The van der Waals surface area contributed by atoms with Crippen LogP contribution in [0.25, 0.3) is 28.1 Å². The molecule has 0 radical (unpaired) electrons. The molecule has 0 amide bonds. The number of ether oxygens (including phenoxy) is 1. The number of nitrogens with two attached hydrogens (primary N) is 1. The van der Waals surface area contributed by atoms with Gasteiger partial charge in [-0.25, -0.2) is 9.97 Å². The minimum Gasteiger partial charge on any atom is -0.378 e. The van der Waals surface area contributed by atoms with Crippen molar-refractivity contribution in [2.24, 2.45) is 5.73 Å². The Kier molecular flexibility index (Phi) is 7.36. The van der Waals surface area contributed by atoms with Crippen LogP contribution in [0.15, 0.2) is 60.7 Å². The highest BCUT2D eigenvalue weighted by molar-refractivity contribution is 5.85. The Morgan fingerprint density at radius 3 is 2.31 bits per heavy atom. The molecule has 0 bridgehead atoms. The molecule has 0 atom stereocenters. The molecule has 3 fully saturated rings. The minimum absolute atomic E-state index is 0. The summed E-state index contributed by atoms with van der Waals surface area (Å²) in [5.41, 5.74) is 14.1. The Balaban J connectivity index is 0.00000277. The summed E-state index contributed by atoms with van der Waals surface area (Å²) in [6.07, 6.45) is 9.63. The van der Waals surface area contributed by atoms with Gasteiger partial charge >= 0.3 is 0 Å². The Hall–Kier alpha value is -2.93. The van der Waals surface area contributed by atoms with E-state index in [0.717, 1.165) is 73.1 Å². The lowest BCUT2D eigenvalue weighted by molar-refractivity contribution is 0.122. The van der Waals surface area contributed by atoms with Crippen molar-refractivity contribution in [1.29, 1.82) is 0 Å². The summed E-state index contributed by atoms with van der Waals surface area (Å²) >= 11 is 0. The van der Waals surface area contributed by atoms with Crippen molar-refractivity contribution in [1.82, 2.24) is 14.5 Å². The quantitative estimate of drug-likeness (QED) is 0.302. The number of hydrogen-bond donors (Lipinski definition) is 1. The van der Waals surface area contributed by atoms with Crippen LogP contribution in [0.4, 0.5) is 5.69 Å². The van der Waals surface area contributed by atoms with Crippen LogP contribution >= 0.6 is 12.4 Å². The van der Waals surface area contributed by atoms with Crippen molar-refractivity contribution in [3.05, 3.63) is 72.1 Å². The highest BCUT2D eigenvalue weighted by atomic mass is 35.5. The first-order chi connectivity index (χ1) is 18.7. The zero-order chi connectivity index (χ0) is 25.5. The fourth-order valence-corrected chi connectivity index (χ4v) is 6.50. The van der Waals surface area contributed by atoms with E-state index >= 15 is 0 Å². The van der Waals surface area contributed by atoms with Gasteiger partial charge in [-0.1, -0.05) is 43.5 Å². The number of halogens is 1. The summed E-state index contributed by atoms with van der Waals surface area (Å²) < 4.78 is 7.88. The van der Waals surface area contributed by atoms with Gasteiger partial charge in [0.25, 0.3) is 0 Å². The molecular formula is C32H38ClN5O. The number of imidazole rings is 1. The average Bonchev–Trinajstić information content (AvgIpc) is 3.36. The summed E-state index contributed by atoms with van der Waals surface area (Å²) in [7, 11) is 0. The van der Waals surface area contributed by atoms with E-state index in [2.05, 4.69) is 70.1 Å². The first-order valence-electron chi connectivity index (χ1n) is 14.4. The van der Waals surface area contributed by atoms with Gasteiger partial charge in [0, 0.05) is 41.5 Å². The number of morpholine rings is 1.